The van der Waals surface area contributed by atoms with Crippen LogP contribution in [0.4, 0.5) is 0 Å². The van der Waals surface area contributed by atoms with Crippen molar-refractivity contribution >= 4 is 11.8 Å². The van der Waals surface area contributed by atoms with E-state index in [1.165, 1.54) is 0 Å². The number of thioether (sulfide) groups is 1. The molecule has 0 aliphatic heterocycles. The van der Waals surface area contributed by atoms with E-state index in [0.29, 0.717) is 11.8 Å². The van der Waals surface area contributed by atoms with Crippen molar-refractivity contribution in [3.05, 3.63) is 24.0 Å². The van der Waals surface area contributed by atoms with E-state index in [2.05, 4.69) is 28.9 Å². The Morgan fingerprint density at radius 3 is 2.78 bits per heavy atom. The Labute approximate surface area is 110 Å². The van der Waals surface area contributed by atoms with Crippen LogP contribution in [-0.4, -0.2) is 29.4 Å². The fraction of sp³-hybridized carbons (Fsp3) is 0.545. The number of aliphatic hydroxyl groups excluding tert-OH is 1. The number of aliphatic hydroxyl groups is 1. The highest BCUT2D eigenvalue weighted by Crippen LogP contribution is 2.22. The van der Waals surface area contributed by atoms with Gasteiger partial charge in [-0.05, 0) is 13.8 Å². The molecule has 2 aromatic rings. The molecule has 0 aromatic carbocycles. The molecule has 0 aliphatic carbocycles. The van der Waals surface area contributed by atoms with Crippen LogP contribution in [0.3, 0.4) is 0 Å². The molecule has 6 nitrogen and oxygen atoms in total. The highest BCUT2D eigenvalue weighted by Gasteiger charge is 2.11. The molecule has 0 saturated carbocycles. The van der Waals surface area contributed by atoms with Crippen molar-refractivity contribution in [2.24, 2.45) is 7.05 Å². The molecule has 7 heteroatoms. The van der Waals surface area contributed by atoms with Gasteiger partial charge in [0.15, 0.2) is 5.16 Å². The van der Waals surface area contributed by atoms with Crippen LogP contribution in [0.5, 0.6) is 0 Å². The minimum atomic E-state index is 0.00619. The largest absolute Gasteiger partial charge is 0.390 e. The van der Waals surface area contributed by atoms with Crippen molar-refractivity contribution in [2.75, 3.05) is 0 Å². The van der Waals surface area contributed by atoms with Gasteiger partial charge in [-0.1, -0.05) is 11.8 Å². The Bertz CT molecular complexity index is 519. The SMILES string of the molecule is CC(C)n1ncnc1CSc1ncc(CO)n1C. The molecule has 0 unspecified atom stereocenters. The molecule has 0 saturated heterocycles. The van der Waals surface area contributed by atoms with E-state index >= 15 is 0 Å². The number of hydrogen-bond acceptors (Lipinski definition) is 5. The standard InChI is InChI=1S/C11H17N5OS/c1-8(2)16-10(13-7-14-16)6-18-11-12-4-9(5-17)15(11)3/h4,7-8,17H,5-6H2,1-3H3. The van der Waals surface area contributed by atoms with Gasteiger partial charge in [0.1, 0.15) is 12.2 Å². The zero-order valence-corrected chi connectivity index (χ0v) is 11.6. The lowest BCUT2D eigenvalue weighted by Crippen LogP contribution is -2.07. The summed E-state index contributed by atoms with van der Waals surface area (Å²) in [6.45, 7) is 4.16. The lowest BCUT2D eigenvalue weighted by molar-refractivity contribution is 0.271. The van der Waals surface area contributed by atoms with E-state index in [1.807, 2.05) is 16.3 Å². The van der Waals surface area contributed by atoms with E-state index in [9.17, 15) is 0 Å². The van der Waals surface area contributed by atoms with E-state index in [1.54, 1.807) is 24.3 Å². The average molecular weight is 267 g/mol. The number of hydrogen-bond donors (Lipinski definition) is 1. The van der Waals surface area contributed by atoms with Crippen LogP contribution >= 0.6 is 11.8 Å². The number of aromatic nitrogens is 5. The van der Waals surface area contributed by atoms with Gasteiger partial charge < -0.3 is 9.67 Å². The van der Waals surface area contributed by atoms with Crippen molar-refractivity contribution in [3.63, 3.8) is 0 Å². The van der Waals surface area contributed by atoms with Crippen LogP contribution < -0.4 is 0 Å². The van der Waals surface area contributed by atoms with E-state index in [0.717, 1.165) is 16.7 Å². The van der Waals surface area contributed by atoms with Gasteiger partial charge in [0.25, 0.3) is 0 Å². The summed E-state index contributed by atoms with van der Waals surface area (Å²) in [5.41, 5.74) is 0.808. The first kappa shape index (κ1) is 13.1. The second kappa shape index (κ2) is 5.53. The van der Waals surface area contributed by atoms with Crippen LogP contribution in [0.2, 0.25) is 0 Å². The summed E-state index contributed by atoms with van der Waals surface area (Å²) < 4.78 is 3.80. The normalized spacial score (nSPS) is 11.4. The second-order valence-corrected chi connectivity index (χ2v) is 5.20. The zero-order chi connectivity index (χ0) is 13.1. The molecule has 1 N–H and O–H groups in total. The quantitative estimate of drug-likeness (QED) is 0.829. The minimum absolute atomic E-state index is 0.00619. The number of rotatable bonds is 5. The fourth-order valence-electron chi connectivity index (χ4n) is 1.64. The molecule has 2 rings (SSSR count). The van der Waals surface area contributed by atoms with E-state index < -0.39 is 0 Å². The molecule has 2 aromatic heterocycles. The lowest BCUT2D eigenvalue weighted by Gasteiger charge is -2.09. The minimum Gasteiger partial charge on any atom is -0.390 e. The van der Waals surface area contributed by atoms with Crippen LogP contribution in [0, 0.1) is 0 Å². The van der Waals surface area contributed by atoms with Crippen LogP contribution in [-0.2, 0) is 19.4 Å². The lowest BCUT2D eigenvalue weighted by atomic mass is 10.4. The van der Waals surface area contributed by atoms with Gasteiger partial charge in [0, 0.05) is 13.1 Å². The van der Waals surface area contributed by atoms with Gasteiger partial charge in [-0.15, -0.1) is 0 Å². The molecule has 18 heavy (non-hydrogen) atoms. The Morgan fingerprint density at radius 1 is 1.39 bits per heavy atom. The van der Waals surface area contributed by atoms with Crippen molar-refractivity contribution in [2.45, 2.75) is 37.4 Å². The fourth-order valence-corrected chi connectivity index (χ4v) is 2.55. The molecule has 0 atom stereocenters. The smallest absolute Gasteiger partial charge is 0.168 e. The first-order chi connectivity index (χ1) is 8.63. The molecule has 98 valence electrons. The number of nitrogens with zero attached hydrogens (tertiary/aromatic N) is 5. The van der Waals surface area contributed by atoms with Gasteiger partial charge in [-0.2, -0.15) is 5.10 Å². The average Bonchev–Trinajstić information content (AvgIpc) is 2.93. The zero-order valence-electron chi connectivity index (χ0n) is 10.7. The van der Waals surface area contributed by atoms with E-state index in [4.69, 9.17) is 5.11 Å². The molecule has 0 amide bonds. The van der Waals surface area contributed by atoms with Crippen molar-refractivity contribution < 1.29 is 5.11 Å². The molecule has 0 spiro atoms. The summed E-state index contributed by atoms with van der Waals surface area (Å²) in [5, 5.41) is 14.2. The van der Waals surface area contributed by atoms with Crippen LogP contribution in [0.25, 0.3) is 0 Å². The highest BCUT2D eigenvalue weighted by molar-refractivity contribution is 7.98. The molecular weight excluding hydrogens is 250 g/mol. The third-order valence-electron chi connectivity index (χ3n) is 2.67. The Hall–Kier alpha value is -1.34. The molecule has 0 fully saturated rings. The van der Waals surface area contributed by atoms with E-state index in [-0.39, 0.29) is 6.61 Å². The Kier molecular flexibility index (Phi) is 4.03. The topological polar surface area (TPSA) is 68.8 Å². The number of imidazole rings is 1. The predicted molar refractivity (Wildman–Crippen MR) is 69.1 cm³/mol. The summed E-state index contributed by atoms with van der Waals surface area (Å²) >= 11 is 1.59. The van der Waals surface area contributed by atoms with Gasteiger partial charge in [0.05, 0.1) is 24.3 Å². The maximum Gasteiger partial charge on any atom is 0.168 e. The van der Waals surface area contributed by atoms with Crippen molar-refractivity contribution in [3.8, 4) is 0 Å². The molecule has 0 bridgehead atoms. The molecule has 0 aliphatic rings. The third-order valence-corrected chi connectivity index (χ3v) is 3.71. The van der Waals surface area contributed by atoms with Gasteiger partial charge in [-0.25, -0.2) is 14.6 Å². The molecular formula is C11H17N5OS. The molecule has 2 heterocycles. The summed E-state index contributed by atoms with van der Waals surface area (Å²) in [6, 6.07) is 0.303. The summed E-state index contributed by atoms with van der Waals surface area (Å²) in [7, 11) is 1.90. The van der Waals surface area contributed by atoms with Crippen molar-refractivity contribution in [1.82, 2.24) is 24.3 Å². The first-order valence-corrected chi connectivity index (χ1v) is 6.74. The van der Waals surface area contributed by atoms with Crippen molar-refractivity contribution in [1.29, 1.82) is 0 Å². The van der Waals surface area contributed by atoms with Gasteiger partial charge in [0.2, 0.25) is 0 Å². The monoisotopic (exact) mass is 267 g/mol. The third kappa shape index (κ3) is 2.56. The van der Waals surface area contributed by atoms with Crippen LogP contribution in [0.15, 0.2) is 17.7 Å². The van der Waals surface area contributed by atoms with Gasteiger partial charge >= 0.3 is 0 Å². The second-order valence-electron chi connectivity index (χ2n) is 4.25. The summed E-state index contributed by atoms with van der Waals surface area (Å²) in [6.07, 6.45) is 3.27. The van der Waals surface area contributed by atoms with Crippen LogP contribution in [0.1, 0.15) is 31.4 Å². The summed E-state index contributed by atoms with van der Waals surface area (Å²) in [4.78, 5) is 8.52. The highest BCUT2D eigenvalue weighted by atomic mass is 32.2. The Balaban J connectivity index is 2.07. The van der Waals surface area contributed by atoms with Gasteiger partial charge in [-0.3, -0.25) is 0 Å². The summed E-state index contributed by atoms with van der Waals surface area (Å²) in [5.74, 6) is 1.65. The first-order valence-electron chi connectivity index (χ1n) is 5.76. The Morgan fingerprint density at radius 2 is 2.17 bits per heavy atom. The predicted octanol–water partition coefficient (Wildman–Crippen LogP) is 1.38. The molecule has 0 radical (unpaired) electrons. The maximum absolute atomic E-state index is 9.10. The maximum atomic E-state index is 9.10.